The summed E-state index contributed by atoms with van der Waals surface area (Å²) in [7, 11) is 1.56. The molecule has 4 aromatic rings. The van der Waals surface area contributed by atoms with Crippen molar-refractivity contribution in [3.8, 4) is 17.6 Å². The van der Waals surface area contributed by atoms with E-state index in [9.17, 15) is 10.1 Å². The third-order valence-corrected chi connectivity index (χ3v) is 5.37. The second-order valence-corrected chi connectivity index (χ2v) is 7.72. The Morgan fingerprint density at radius 2 is 1.65 bits per heavy atom. The van der Waals surface area contributed by atoms with E-state index in [0.717, 1.165) is 16.5 Å². The van der Waals surface area contributed by atoms with Crippen LogP contribution in [0, 0.1) is 11.3 Å². The van der Waals surface area contributed by atoms with Gasteiger partial charge in [-0.05, 0) is 51.7 Å². The molecule has 0 bridgehead atoms. The van der Waals surface area contributed by atoms with E-state index in [-0.39, 0.29) is 5.57 Å². The van der Waals surface area contributed by atoms with Crippen LogP contribution in [-0.4, -0.2) is 13.0 Å². The minimum Gasteiger partial charge on any atom is -0.493 e. The first kappa shape index (κ1) is 22.6. The van der Waals surface area contributed by atoms with Crippen molar-refractivity contribution in [2.24, 2.45) is 0 Å². The van der Waals surface area contributed by atoms with Crippen LogP contribution < -0.4 is 14.8 Å². The molecule has 0 saturated carbocycles. The first-order valence-electron chi connectivity index (χ1n) is 10.9. The molecule has 0 radical (unpaired) electrons. The zero-order valence-electron chi connectivity index (χ0n) is 18.8. The van der Waals surface area contributed by atoms with Gasteiger partial charge in [0.15, 0.2) is 11.5 Å². The lowest BCUT2D eigenvalue weighted by atomic mass is 10.1. The van der Waals surface area contributed by atoms with Gasteiger partial charge >= 0.3 is 0 Å². The van der Waals surface area contributed by atoms with Crippen LogP contribution in [0.1, 0.15) is 16.7 Å². The van der Waals surface area contributed by atoms with Crippen LogP contribution in [-0.2, 0) is 17.9 Å². The Balaban J connectivity index is 1.45. The van der Waals surface area contributed by atoms with Gasteiger partial charge in [-0.3, -0.25) is 4.79 Å². The molecule has 0 spiro atoms. The summed E-state index contributed by atoms with van der Waals surface area (Å²) in [4.78, 5) is 12.5. The number of nitrogens with one attached hydrogen (secondary N) is 1. The van der Waals surface area contributed by atoms with Crippen molar-refractivity contribution in [1.82, 2.24) is 5.32 Å². The highest BCUT2D eigenvalue weighted by atomic mass is 16.5. The van der Waals surface area contributed by atoms with E-state index in [0.29, 0.717) is 30.2 Å². The summed E-state index contributed by atoms with van der Waals surface area (Å²) in [5, 5.41) is 14.6. The fourth-order valence-electron chi connectivity index (χ4n) is 3.57. The van der Waals surface area contributed by atoms with Gasteiger partial charge in [0, 0.05) is 6.54 Å². The molecule has 0 saturated heterocycles. The highest BCUT2D eigenvalue weighted by molar-refractivity contribution is 6.01. The van der Waals surface area contributed by atoms with Crippen LogP contribution in [0.15, 0.2) is 96.6 Å². The van der Waals surface area contributed by atoms with E-state index in [2.05, 4.69) is 29.6 Å². The van der Waals surface area contributed by atoms with Crippen LogP contribution in [0.5, 0.6) is 11.5 Å². The molecule has 34 heavy (non-hydrogen) atoms. The Bertz CT molecular complexity index is 1370. The quantitative estimate of drug-likeness (QED) is 0.279. The Morgan fingerprint density at radius 1 is 0.882 bits per heavy atom. The van der Waals surface area contributed by atoms with Gasteiger partial charge in [-0.15, -0.1) is 0 Å². The lowest BCUT2D eigenvalue weighted by Gasteiger charge is -2.12. The minimum atomic E-state index is -0.429. The maximum atomic E-state index is 12.5. The lowest BCUT2D eigenvalue weighted by Crippen LogP contribution is -2.23. The van der Waals surface area contributed by atoms with Gasteiger partial charge in [0.1, 0.15) is 18.2 Å². The molecule has 0 aliphatic rings. The fraction of sp³-hybridized carbons (Fsp3) is 0.103. The van der Waals surface area contributed by atoms with Gasteiger partial charge in [0.2, 0.25) is 0 Å². The number of methoxy groups -OCH3 is 1. The summed E-state index contributed by atoms with van der Waals surface area (Å²) < 4.78 is 11.5. The monoisotopic (exact) mass is 448 g/mol. The second kappa shape index (κ2) is 10.8. The maximum Gasteiger partial charge on any atom is 0.262 e. The molecule has 1 N–H and O–H groups in total. The molecule has 0 atom stereocenters. The third kappa shape index (κ3) is 5.62. The summed E-state index contributed by atoms with van der Waals surface area (Å²) in [6.07, 6.45) is 1.54. The van der Waals surface area contributed by atoms with Crippen LogP contribution in [0.25, 0.3) is 16.8 Å². The molecule has 0 unspecified atom stereocenters. The fourth-order valence-corrected chi connectivity index (χ4v) is 3.57. The molecule has 0 aliphatic heterocycles. The predicted molar refractivity (Wildman–Crippen MR) is 133 cm³/mol. The van der Waals surface area contributed by atoms with Crippen molar-refractivity contribution in [1.29, 1.82) is 5.26 Å². The van der Waals surface area contributed by atoms with Crippen molar-refractivity contribution in [3.63, 3.8) is 0 Å². The molecule has 0 fully saturated rings. The van der Waals surface area contributed by atoms with Gasteiger partial charge in [-0.1, -0.05) is 72.8 Å². The van der Waals surface area contributed by atoms with Crippen molar-refractivity contribution < 1.29 is 14.3 Å². The van der Waals surface area contributed by atoms with E-state index < -0.39 is 5.91 Å². The smallest absolute Gasteiger partial charge is 0.262 e. The maximum absolute atomic E-state index is 12.5. The number of ether oxygens (including phenoxy) is 2. The summed E-state index contributed by atoms with van der Waals surface area (Å²) in [5.41, 5.74) is 2.69. The molecule has 0 aliphatic carbocycles. The Labute approximate surface area is 198 Å². The molecule has 5 heteroatoms. The predicted octanol–water partition coefficient (Wildman–Crippen LogP) is 5.65. The molecule has 5 nitrogen and oxygen atoms in total. The zero-order valence-corrected chi connectivity index (χ0v) is 18.8. The van der Waals surface area contributed by atoms with Crippen molar-refractivity contribution in [2.75, 3.05) is 7.11 Å². The number of benzene rings is 4. The SMILES string of the molecule is COc1cc(/C=C(/C#N)C(=O)NCc2ccccc2)ccc1OCc1ccc2ccccc2c1. The second-order valence-electron chi connectivity index (χ2n) is 7.72. The normalized spacial score (nSPS) is 11.0. The molecule has 4 rings (SSSR count). The van der Waals surface area contributed by atoms with Gasteiger partial charge in [-0.2, -0.15) is 5.26 Å². The van der Waals surface area contributed by atoms with Crippen molar-refractivity contribution >= 4 is 22.8 Å². The first-order chi connectivity index (χ1) is 16.7. The standard InChI is InChI=1S/C29H24N2O3/c1-33-28-17-22(15-26(18-30)29(32)31-19-21-7-3-2-4-8-21)12-14-27(28)34-20-23-11-13-24-9-5-6-10-25(24)16-23/h2-17H,19-20H2,1H3,(H,31,32)/b26-15-. The number of amides is 1. The van der Waals surface area contributed by atoms with Gasteiger partial charge < -0.3 is 14.8 Å². The molecule has 0 aromatic heterocycles. The summed E-state index contributed by atoms with van der Waals surface area (Å²) in [5.74, 6) is 0.679. The van der Waals surface area contributed by atoms with E-state index in [1.165, 1.54) is 11.5 Å². The molecule has 168 valence electrons. The number of fused-ring (bicyclic) bond motifs is 1. The number of carbonyl (C=O) groups excluding carboxylic acids is 1. The average molecular weight is 449 g/mol. The van der Waals surface area contributed by atoms with Crippen LogP contribution in [0.4, 0.5) is 0 Å². The lowest BCUT2D eigenvalue weighted by molar-refractivity contribution is -0.117. The van der Waals surface area contributed by atoms with Crippen molar-refractivity contribution in [2.45, 2.75) is 13.2 Å². The van der Waals surface area contributed by atoms with E-state index in [1.54, 1.807) is 25.3 Å². The zero-order chi connectivity index (χ0) is 23.8. The van der Waals surface area contributed by atoms with Crippen molar-refractivity contribution in [3.05, 3.63) is 113 Å². The average Bonchev–Trinajstić information content (AvgIpc) is 2.89. The molecular weight excluding hydrogens is 424 g/mol. The Kier molecular flexibility index (Phi) is 7.22. The summed E-state index contributed by atoms with van der Waals surface area (Å²) >= 11 is 0. The number of rotatable bonds is 8. The number of nitrogens with zero attached hydrogens (tertiary/aromatic N) is 1. The van der Waals surface area contributed by atoms with Crippen LogP contribution in [0.2, 0.25) is 0 Å². The number of hydrogen-bond acceptors (Lipinski definition) is 4. The number of nitriles is 1. The van der Waals surface area contributed by atoms with E-state index in [1.807, 2.05) is 54.6 Å². The molecule has 0 heterocycles. The van der Waals surface area contributed by atoms with E-state index >= 15 is 0 Å². The van der Waals surface area contributed by atoms with Gasteiger partial charge in [-0.25, -0.2) is 0 Å². The molecule has 4 aromatic carbocycles. The Morgan fingerprint density at radius 3 is 2.41 bits per heavy atom. The van der Waals surface area contributed by atoms with Gasteiger partial charge in [0.25, 0.3) is 5.91 Å². The number of hydrogen-bond donors (Lipinski definition) is 1. The highest BCUT2D eigenvalue weighted by Crippen LogP contribution is 2.30. The first-order valence-corrected chi connectivity index (χ1v) is 10.9. The molecular formula is C29H24N2O3. The third-order valence-electron chi connectivity index (χ3n) is 5.37. The van der Waals surface area contributed by atoms with Crippen LogP contribution in [0.3, 0.4) is 0 Å². The van der Waals surface area contributed by atoms with Gasteiger partial charge in [0.05, 0.1) is 7.11 Å². The number of carbonyl (C=O) groups is 1. The van der Waals surface area contributed by atoms with E-state index in [4.69, 9.17) is 9.47 Å². The largest absolute Gasteiger partial charge is 0.493 e. The Hall–Kier alpha value is -4.56. The molecule has 1 amide bonds. The van der Waals surface area contributed by atoms with Crippen LogP contribution >= 0.6 is 0 Å². The minimum absolute atomic E-state index is 0.0165. The highest BCUT2D eigenvalue weighted by Gasteiger charge is 2.11. The topological polar surface area (TPSA) is 71.3 Å². The summed E-state index contributed by atoms with van der Waals surface area (Å²) in [6.45, 7) is 0.741. The summed E-state index contributed by atoms with van der Waals surface area (Å²) in [6, 6.07) is 31.2.